The van der Waals surface area contributed by atoms with Crippen LogP contribution in [0.2, 0.25) is 10.0 Å². The fourth-order valence-electron chi connectivity index (χ4n) is 4.20. The van der Waals surface area contributed by atoms with Crippen LogP contribution in [0.4, 0.5) is 9.59 Å². The summed E-state index contributed by atoms with van der Waals surface area (Å²) in [5.41, 5.74) is 0.264. The molecule has 2 fully saturated rings. The average Bonchev–Trinajstić information content (AvgIpc) is 3.00. The fourth-order valence-corrected chi connectivity index (χ4v) is 4.78. The van der Waals surface area contributed by atoms with Crippen LogP contribution >= 0.6 is 23.2 Å². The number of hydrogen-bond donors (Lipinski definition) is 1. The first-order valence-corrected chi connectivity index (χ1v) is 9.75. The van der Waals surface area contributed by atoms with E-state index in [4.69, 9.17) is 27.9 Å². The molecule has 3 rings (SSSR count). The summed E-state index contributed by atoms with van der Waals surface area (Å²) in [6, 6.07) is 5.16. The zero-order chi connectivity index (χ0) is 20.0. The molecule has 1 aromatic carbocycles. The number of rotatable bonds is 2. The number of carbonyl (C=O) groups is 2. The van der Waals surface area contributed by atoms with Crippen molar-refractivity contribution in [1.29, 1.82) is 0 Å². The van der Waals surface area contributed by atoms with Gasteiger partial charge in [-0.2, -0.15) is 4.79 Å². The molecule has 148 valence electrons. The third-order valence-electron chi connectivity index (χ3n) is 5.21. The third kappa shape index (κ3) is 4.50. The van der Waals surface area contributed by atoms with Crippen LogP contribution in [0.25, 0.3) is 0 Å². The van der Waals surface area contributed by atoms with Crippen molar-refractivity contribution in [2.24, 2.45) is 11.8 Å². The van der Waals surface area contributed by atoms with Crippen LogP contribution < -0.4 is 0 Å². The summed E-state index contributed by atoms with van der Waals surface area (Å²) < 4.78 is 5.38. The lowest BCUT2D eigenvalue weighted by atomic mass is 10.0. The molecule has 0 radical (unpaired) electrons. The van der Waals surface area contributed by atoms with Gasteiger partial charge in [0.25, 0.3) is 0 Å². The summed E-state index contributed by atoms with van der Waals surface area (Å²) in [6.45, 7) is 7.85. The van der Waals surface area contributed by atoms with Crippen molar-refractivity contribution in [3.8, 4) is 0 Å². The second kappa shape index (κ2) is 7.15. The number of carbonyl (C=O) groups excluding carboxylic acids is 1. The topological polar surface area (TPSA) is 66.8 Å². The Labute approximate surface area is 169 Å². The minimum atomic E-state index is -0.857. The molecule has 2 aliphatic heterocycles. The highest BCUT2D eigenvalue weighted by atomic mass is 35.5. The predicted molar refractivity (Wildman–Crippen MR) is 103 cm³/mol. The summed E-state index contributed by atoms with van der Waals surface area (Å²) in [6.07, 6.45) is -1.18. The van der Waals surface area contributed by atoms with Gasteiger partial charge in [-0.3, -0.25) is 0 Å². The van der Waals surface area contributed by atoms with E-state index >= 15 is 0 Å². The van der Waals surface area contributed by atoms with E-state index in [1.807, 2.05) is 20.8 Å². The van der Waals surface area contributed by atoms with E-state index in [2.05, 4.69) is 0 Å². The molecular formula is C19H25Cl2N2O4+. The maximum Gasteiger partial charge on any atom is 0.513 e. The normalized spacial score (nSPS) is 27.5. The lowest BCUT2D eigenvalue weighted by molar-refractivity contribution is -0.861. The number of hydrogen-bond acceptors (Lipinski definition) is 3. The Balaban J connectivity index is 1.72. The van der Waals surface area contributed by atoms with Crippen LogP contribution in [0.3, 0.4) is 0 Å². The quantitative estimate of drug-likeness (QED) is 0.722. The highest BCUT2D eigenvalue weighted by Gasteiger charge is 2.55. The van der Waals surface area contributed by atoms with E-state index in [-0.39, 0.29) is 22.4 Å². The average molecular weight is 416 g/mol. The smallest absolute Gasteiger partial charge is 0.444 e. The molecule has 6 nitrogen and oxygen atoms in total. The van der Waals surface area contributed by atoms with Gasteiger partial charge in [-0.05, 0) is 39.0 Å². The van der Waals surface area contributed by atoms with Crippen molar-refractivity contribution in [2.75, 3.05) is 26.2 Å². The molecule has 27 heavy (non-hydrogen) atoms. The number of nitrogens with zero attached hydrogens (tertiary/aromatic N) is 2. The minimum Gasteiger partial charge on any atom is -0.444 e. The second-order valence-electron chi connectivity index (χ2n) is 8.63. The van der Waals surface area contributed by atoms with Crippen LogP contribution in [0, 0.1) is 11.8 Å². The number of ether oxygens (including phenoxy) is 1. The predicted octanol–water partition coefficient (Wildman–Crippen LogP) is 4.48. The van der Waals surface area contributed by atoms with Crippen molar-refractivity contribution < 1.29 is 23.9 Å². The molecule has 3 atom stereocenters. The summed E-state index contributed by atoms with van der Waals surface area (Å²) in [4.78, 5) is 26.1. The van der Waals surface area contributed by atoms with Crippen LogP contribution in [-0.2, 0) is 11.3 Å². The van der Waals surface area contributed by atoms with Gasteiger partial charge in [-0.1, -0.05) is 23.2 Å². The molecule has 0 aliphatic carbocycles. The van der Waals surface area contributed by atoms with Crippen molar-refractivity contribution in [3.63, 3.8) is 0 Å². The summed E-state index contributed by atoms with van der Waals surface area (Å²) in [7, 11) is 0. The molecule has 8 heteroatoms. The first kappa shape index (κ1) is 20.2. The SMILES string of the molecule is CC(C)(C)OC(=O)N1C[C@@H]2C[N+](Cc3cc(Cl)cc(Cl)c3)(C(=O)O)C[C@@H]2C1. The molecule has 1 N–H and O–H groups in total. The van der Waals surface area contributed by atoms with Crippen LogP contribution in [0.5, 0.6) is 0 Å². The lowest BCUT2D eigenvalue weighted by Crippen LogP contribution is -2.51. The van der Waals surface area contributed by atoms with Gasteiger partial charge in [0.1, 0.15) is 12.1 Å². The number of benzene rings is 1. The molecule has 2 aliphatic rings. The molecule has 2 heterocycles. The fraction of sp³-hybridized carbons (Fsp3) is 0.579. The zero-order valence-electron chi connectivity index (χ0n) is 15.7. The summed E-state index contributed by atoms with van der Waals surface area (Å²) >= 11 is 12.1. The van der Waals surface area contributed by atoms with Crippen LogP contribution in [0.15, 0.2) is 18.2 Å². The molecule has 0 aromatic heterocycles. The van der Waals surface area contributed by atoms with Gasteiger partial charge in [0, 0.05) is 40.5 Å². The van der Waals surface area contributed by atoms with E-state index in [1.54, 1.807) is 23.1 Å². The number of fused-ring (bicyclic) bond motifs is 1. The highest BCUT2D eigenvalue weighted by Crippen LogP contribution is 2.38. The number of quaternary nitrogens is 1. The van der Waals surface area contributed by atoms with Gasteiger partial charge in [-0.25, -0.2) is 9.28 Å². The minimum absolute atomic E-state index is 0.0613. The van der Waals surface area contributed by atoms with Crippen LogP contribution in [0.1, 0.15) is 26.3 Å². The maximum absolute atomic E-state index is 12.3. The maximum atomic E-state index is 12.3. The summed E-state index contributed by atoms with van der Waals surface area (Å²) in [5.74, 6) is 0.284. The molecule has 2 saturated heterocycles. The molecule has 1 unspecified atom stereocenters. The number of likely N-dealkylation sites (tertiary alicyclic amines) is 2. The van der Waals surface area contributed by atoms with E-state index < -0.39 is 11.7 Å². The highest BCUT2D eigenvalue weighted by molar-refractivity contribution is 6.34. The Kier molecular flexibility index (Phi) is 5.36. The molecule has 0 bridgehead atoms. The Morgan fingerprint density at radius 2 is 1.67 bits per heavy atom. The van der Waals surface area contributed by atoms with Crippen molar-refractivity contribution in [3.05, 3.63) is 33.8 Å². The Morgan fingerprint density at radius 1 is 1.15 bits per heavy atom. The number of carboxylic acid groups (broad SMARTS) is 1. The molecular weight excluding hydrogens is 391 g/mol. The molecule has 2 amide bonds. The number of amides is 2. The zero-order valence-corrected chi connectivity index (χ0v) is 17.3. The Hall–Kier alpha value is -1.50. The van der Waals surface area contributed by atoms with Gasteiger partial charge in [-0.15, -0.1) is 0 Å². The van der Waals surface area contributed by atoms with Gasteiger partial charge < -0.3 is 14.7 Å². The Bertz CT molecular complexity index is 728. The van der Waals surface area contributed by atoms with Crippen molar-refractivity contribution in [1.82, 2.24) is 4.90 Å². The van der Waals surface area contributed by atoms with Gasteiger partial charge in [0.15, 0.2) is 0 Å². The second-order valence-corrected chi connectivity index (χ2v) is 9.51. The van der Waals surface area contributed by atoms with Gasteiger partial charge in [0.05, 0.1) is 13.1 Å². The first-order valence-electron chi connectivity index (χ1n) is 9.00. The van der Waals surface area contributed by atoms with Gasteiger partial charge >= 0.3 is 12.2 Å². The third-order valence-corrected chi connectivity index (χ3v) is 5.65. The largest absolute Gasteiger partial charge is 0.513 e. The van der Waals surface area contributed by atoms with E-state index in [1.165, 1.54) is 0 Å². The standard InChI is InChI=1S/C19H24Cl2N2O4/c1-19(2,3)27-17(24)22-7-13-10-23(18(25)26,11-14(13)8-22)9-12-4-15(20)6-16(21)5-12/h4-6,13-14H,7-11H2,1-3H3/p+1/t13-,14+,23?. The van der Waals surface area contributed by atoms with E-state index in [0.29, 0.717) is 42.8 Å². The molecule has 1 aromatic rings. The summed E-state index contributed by atoms with van der Waals surface area (Å²) in [5, 5.41) is 10.9. The number of halogens is 2. The van der Waals surface area contributed by atoms with Gasteiger partial charge in [0.2, 0.25) is 0 Å². The van der Waals surface area contributed by atoms with E-state index in [0.717, 1.165) is 5.56 Å². The Morgan fingerprint density at radius 3 is 2.11 bits per heavy atom. The lowest BCUT2D eigenvalue weighted by Gasteiger charge is -2.31. The first-order chi connectivity index (χ1) is 12.5. The molecule has 0 spiro atoms. The van der Waals surface area contributed by atoms with Crippen molar-refractivity contribution >= 4 is 35.4 Å². The van der Waals surface area contributed by atoms with Crippen LogP contribution in [-0.4, -0.2) is 58.5 Å². The van der Waals surface area contributed by atoms with Crippen molar-refractivity contribution in [2.45, 2.75) is 32.9 Å². The van der Waals surface area contributed by atoms with E-state index in [9.17, 15) is 14.7 Å². The monoisotopic (exact) mass is 415 g/mol. The molecule has 0 saturated carbocycles.